The fourth-order valence-electron chi connectivity index (χ4n) is 3.68. The number of nitrogens with one attached hydrogen (secondary N) is 1. The van der Waals surface area contributed by atoms with Gasteiger partial charge in [0.2, 0.25) is 10.0 Å². The first kappa shape index (κ1) is 19.9. The summed E-state index contributed by atoms with van der Waals surface area (Å²) < 4.78 is 27.8. The molecular weight excluding hydrogens is 356 g/mol. The van der Waals surface area contributed by atoms with E-state index in [2.05, 4.69) is 34.7 Å². The van der Waals surface area contributed by atoms with Crippen molar-refractivity contribution in [2.24, 2.45) is 0 Å². The Balaban J connectivity index is 1.64. The van der Waals surface area contributed by atoms with Gasteiger partial charge in [0, 0.05) is 25.3 Å². The highest BCUT2D eigenvalue weighted by Gasteiger charge is 2.17. The van der Waals surface area contributed by atoms with Crippen molar-refractivity contribution in [3.8, 4) is 0 Å². The van der Waals surface area contributed by atoms with Gasteiger partial charge in [-0.2, -0.15) is 0 Å². The minimum Gasteiger partial charge on any atom is -0.371 e. The van der Waals surface area contributed by atoms with Crippen molar-refractivity contribution < 1.29 is 8.42 Å². The van der Waals surface area contributed by atoms with Gasteiger partial charge in [-0.3, -0.25) is 0 Å². The first-order valence-corrected chi connectivity index (χ1v) is 11.3. The zero-order valence-electron chi connectivity index (χ0n) is 16.6. The Bertz CT molecular complexity index is 907. The SMILES string of the molecule is CCCN1CCCc2cc(CCNS(=O)(=O)c3ccc(C)c(C)c3)ccc21. The molecule has 0 bridgehead atoms. The third-order valence-corrected chi connectivity index (χ3v) is 6.81. The van der Waals surface area contributed by atoms with Crippen LogP contribution >= 0.6 is 0 Å². The normalized spacial score (nSPS) is 14.3. The molecule has 146 valence electrons. The van der Waals surface area contributed by atoms with Crippen molar-refractivity contribution in [2.45, 2.75) is 51.3 Å². The fourth-order valence-corrected chi connectivity index (χ4v) is 4.80. The highest BCUT2D eigenvalue weighted by Crippen LogP contribution is 2.28. The van der Waals surface area contributed by atoms with Crippen molar-refractivity contribution in [3.63, 3.8) is 0 Å². The molecule has 5 heteroatoms. The predicted octanol–water partition coefficient (Wildman–Crippen LogP) is 3.99. The van der Waals surface area contributed by atoms with Gasteiger partial charge in [0.1, 0.15) is 0 Å². The van der Waals surface area contributed by atoms with Crippen LogP contribution in [-0.2, 0) is 22.9 Å². The number of hydrogen-bond acceptors (Lipinski definition) is 3. The van der Waals surface area contributed by atoms with E-state index in [0.717, 1.165) is 37.1 Å². The van der Waals surface area contributed by atoms with E-state index in [-0.39, 0.29) is 0 Å². The molecule has 0 saturated heterocycles. The summed E-state index contributed by atoms with van der Waals surface area (Å²) in [5, 5.41) is 0. The number of benzene rings is 2. The number of rotatable bonds is 7. The third-order valence-electron chi connectivity index (χ3n) is 5.35. The van der Waals surface area contributed by atoms with E-state index >= 15 is 0 Å². The van der Waals surface area contributed by atoms with Crippen molar-refractivity contribution >= 4 is 15.7 Å². The van der Waals surface area contributed by atoms with Crippen LogP contribution in [0, 0.1) is 13.8 Å². The summed E-state index contributed by atoms with van der Waals surface area (Å²) in [5.41, 5.74) is 6.02. The Kier molecular flexibility index (Phi) is 6.22. The second-order valence-electron chi connectivity index (χ2n) is 7.45. The number of nitrogens with zero attached hydrogens (tertiary/aromatic N) is 1. The van der Waals surface area contributed by atoms with Gasteiger partial charge in [-0.25, -0.2) is 13.1 Å². The summed E-state index contributed by atoms with van der Waals surface area (Å²) in [4.78, 5) is 2.80. The first-order chi connectivity index (χ1) is 12.9. The molecule has 0 saturated carbocycles. The van der Waals surface area contributed by atoms with E-state index in [9.17, 15) is 8.42 Å². The van der Waals surface area contributed by atoms with Crippen LogP contribution in [0.3, 0.4) is 0 Å². The van der Waals surface area contributed by atoms with Crippen molar-refractivity contribution in [1.82, 2.24) is 4.72 Å². The van der Waals surface area contributed by atoms with Crippen LogP contribution in [-0.4, -0.2) is 28.1 Å². The molecule has 1 aliphatic heterocycles. The van der Waals surface area contributed by atoms with Gasteiger partial charge in [-0.15, -0.1) is 0 Å². The van der Waals surface area contributed by atoms with Gasteiger partial charge >= 0.3 is 0 Å². The van der Waals surface area contributed by atoms with Crippen LogP contribution < -0.4 is 9.62 Å². The van der Waals surface area contributed by atoms with Crippen LogP contribution in [0.4, 0.5) is 5.69 Å². The maximum absolute atomic E-state index is 12.5. The zero-order valence-corrected chi connectivity index (χ0v) is 17.4. The van der Waals surface area contributed by atoms with E-state index in [1.807, 2.05) is 19.9 Å². The Hall–Kier alpha value is -1.85. The van der Waals surface area contributed by atoms with Gasteiger partial charge in [0.25, 0.3) is 0 Å². The minimum absolute atomic E-state index is 0.339. The summed E-state index contributed by atoms with van der Waals surface area (Å²) in [5.74, 6) is 0. The quantitative estimate of drug-likeness (QED) is 0.783. The second-order valence-corrected chi connectivity index (χ2v) is 9.21. The molecule has 0 spiro atoms. The summed E-state index contributed by atoms with van der Waals surface area (Å²) in [6.45, 7) is 8.77. The average Bonchev–Trinajstić information content (AvgIpc) is 2.64. The molecule has 4 nitrogen and oxygen atoms in total. The molecule has 3 rings (SSSR count). The van der Waals surface area contributed by atoms with Gasteiger partial charge in [0.05, 0.1) is 4.90 Å². The highest BCUT2D eigenvalue weighted by molar-refractivity contribution is 7.89. The number of aryl methyl sites for hydroxylation is 3. The molecule has 2 aromatic carbocycles. The van der Waals surface area contributed by atoms with E-state index in [1.165, 1.54) is 23.2 Å². The number of anilines is 1. The molecule has 0 radical (unpaired) electrons. The second kappa shape index (κ2) is 8.44. The van der Waals surface area contributed by atoms with E-state index < -0.39 is 10.0 Å². The van der Waals surface area contributed by atoms with Gasteiger partial charge in [-0.1, -0.05) is 25.1 Å². The van der Waals surface area contributed by atoms with Crippen molar-refractivity contribution in [1.29, 1.82) is 0 Å². The van der Waals surface area contributed by atoms with E-state index in [1.54, 1.807) is 12.1 Å². The van der Waals surface area contributed by atoms with Crippen molar-refractivity contribution in [3.05, 3.63) is 58.7 Å². The van der Waals surface area contributed by atoms with Crippen LogP contribution in [0.5, 0.6) is 0 Å². The first-order valence-electron chi connectivity index (χ1n) is 9.84. The molecule has 0 fully saturated rings. The predicted molar refractivity (Wildman–Crippen MR) is 112 cm³/mol. The van der Waals surface area contributed by atoms with Gasteiger partial charge < -0.3 is 4.90 Å². The summed E-state index contributed by atoms with van der Waals surface area (Å²) in [6, 6.07) is 11.9. The van der Waals surface area contributed by atoms with Crippen LogP contribution in [0.15, 0.2) is 41.3 Å². The van der Waals surface area contributed by atoms with Crippen LogP contribution in [0.25, 0.3) is 0 Å². The molecular formula is C22H30N2O2S. The highest BCUT2D eigenvalue weighted by atomic mass is 32.2. The topological polar surface area (TPSA) is 49.4 Å². The molecule has 0 atom stereocenters. The largest absolute Gasteiger partial charge is 0.371 e. The molecule has 0 aromatic heterocycles. The van der Waals surface area contributed by atoms with E-state index in [0.29, 0.717) is 17.9 Å². The lowest BCUT2D eigenvalue weighted by Gasteiger charge is -2.31. The summed E-state index contributed by atoms with van der Waals surface area (Å²) in [7, 11) is -3.46. The van der Waals surface area contributed by atoms with Crippen molar-refractivity contribution in [2.75, 3.05) is 24.5 Å². The smallest absolute Gasteiger partial charge is 0.240 e. The number of fused-ring (bicyclic) bond motifs is 1. The maximum Gasteiger partial charge on any atom is 0.240 e. The lowest BCUT2D eigenvalue weighted by molar-refractivity contribution is 0.581. The lowest BCUT2D eigenvalue weighted by atomic mass is 9.98. The standard InChI is InChI=1S/C22H30N2O2S/c1-4-13-24-14-5-6-20-16-19(8-10-22(20)24)11-12-23-27(25,26)21-9-7-17(2)18(3)15-21/h7-10,15-16,23H,4-6,11-14H2,1-3H3. The lowest BCUT2D eigenvalue weighted by Crippen LogP contribution is -2.30. The molecule has 2 aromatic rings. The summed E-state index contributed by atoms with van der Waals surface area (Å²) in [6.07, 6.45) is 4.15. The fraction of sp³-hybridized carbons (Fsp3) is 0.455. The number of sulfonamides is 1. The minimum atomic E-state index is -3.46. The maximum atomic E-state index is 12.5. The monoisotopic (exact) mass is 386 g/mol. The number of hydrogen-bond donors (Lipinski definition) is 1. The van der Waals surface area contributed by atoms with Crippen LogP contribution in [0.2, 0.25) is 0 Å². The molecule has 1 N–H and O–H groups in total. The Morgan fingerprint density at radius 1 is 1.07 bits per heavy atom. The Morgan fingerprint density at radius 2 is 1.89 bits per heavy atom. The Labute approximate surface area is 163 Å². The van der Waals surface area contributed by atoms with Crippen LogP contribution in [0.1, 0.15) is 42.0 Å². The van der Waals surface area contributed by atoms with Gasteiger partial charge in [-0.05, 0) is 80.0 Å². The summed E-state index contributed by atoms with van der Waals surface area (Å²) >= 11 is 0. The van der Waals surface area contributed by atoms with Gasteiger partial charge in [0.15, 0.2) is 0 Å². The molecule has 0 unspecified atom stereocenters. The molecule has 1 aliphatic rings. The molecule has 0 amide bonds. The Morgan fingerprint density at radius 3 is 2.63 bits per heavy atom. The molecule has 1 heterocycles. The average molecular weight is 387 g/mol. The molecule has 27 heavy (non-hydrogen) atoms. The third kappa shape index (κ3) is 4.71. The molecule has 0 aliphatic carbocycles. The van der Waals surface area contributed by atoms with E-state index in [4.69, 9.17) is 0 Å². The zero-order chi connectivity index (χ0) is 19.4.